The maximum Gasteiger partial charge on any atom is 0.152 e. The molecule has 4 heteroatoms. The standard InChI is InChI=1S/C13H21F2NSi/c1-5-17(6-2,7-3)16-13-11(14)9-8-10(4)12(13)15/h8-9,16H,5-7H2,1-4H3. The smallest absolute Gasteiger partial charge is 0.152 e. The Morgan fingerprint density at radius 3 is 2.06 bits per heavy atom. The maximum absolute atomic E-state index is 13.9. The number of halogens is 2. The van der Waals surface area contributed by atoms with Crippen molar-refractivity contribution in [3.8, 4) is 0 Å². The molecule has 0 saturated heterocycles. The third kappa shape index (κ3) is 2.86. The lowest BCUT2D eigenvalue weighted by Crippen LogP contribution is -2.42. The van der Waals surface area contributed by atoms with E-state index in [1.54, 1.807) is 6.92 Å². The van der Waals surface area contributed by atoms with Crippen molar-refractivity contribution in [2.45, 2.75) is 45.8 Å². The van der Waals surface area contributed by atoms with Crippen molar-refractivity contribution in [3.05, 3.63) is 29.3 Å². The Bertz CT molecular complexity index is 381. The molecule has 0 heterocycles. The van der Waals surface area contributed by atoms with Crippen LogP contribution in [0.5, 0.6) is 0 Å². The van der Waals surface area contributed by atoms with Gasteiger partial charge in [0.05, 0.1) is 5.69 Å². The topological polar surface area (TPSA) is 12.0 Å². The minimum absolute atomic E-state index is 0.0715. The van der Waals surface area contributed by atoms with Crippen molar-refractivity contribution in [2.75, 3.05) is 4.98 Å². The number of aryl methyl sites for hydroxylation is 1. The molecule has 0 spiro atoms. The van der Waals surface area contributed by atoms with Crippen LogP contribution in [-0.4, -0.2) is 8.24 Å². The van der Waals surface area contributed by atoms with E-state index in [9.17, 15) is 8.78 Å². The molecule has 0 radical (unpaired) electrons. The fourth-order valence-electron chi connectivity index (χ4n) is 2.05. The first kappa shape index (κ1) is 14.2. The number of hydrogen-bond acceptors (Lipinski definition) is 1. The van der Waals surface area contributed by atoms with Gasteiger partial charge in [0, 0.05) is 0 Å². The molecule has 0 fully saturated rings. The van der Waals surface area contributed by atoms with Gasteiger partial charge < -0.3 is 4.98 Å². The quantitative estimate of drug-likeness (QED) is 0.754. The zero-order chi connectivity index (χ0) is 13.1. The van der Waals surface area contributed by atoms with E-state index >= 15 is 0 Å². The van der Waals surface area contributed by atoms with Gasteiger partial charge in [0.1, 0.15) is 5.82 Å². The second-order valence-corrected chi connectivity index (χ2v) is 9.45. The van der Waals surface area contributed by atoms with Crippen LogP contribution in [0.4, 0.5) is 14.5 Å². The van der Waals surface area contributed by atoms with Crippen molar-refractivity contribution < 1.29 is 8.78 Å². The number of rotatable bonds is 5. The Morgan fingerprint density at radius 2 is 1.59 bits per heavy atom. The fraction of sp³-hybridized carbons (Fsp3) is 0.538. The van der Waals surface area contributed by atoms with Gasteiger partial charge in [-0.15, -0.1) is 0 Å². The van der Waals surface area contributed by atoms with Gasteiger partial charge in [-0.25, -0.2) is 8.78 Å². The van der Waals surface area contributed by atoms with Crippen LogP contribution in [0.3, 0.4) is 0 Å². The number of benzene rings is 1. The Hall–Kier alpha value is -0.903. The largest absolute Gasteiger partial charge is 0.405 e. The first-order chi connectivity index (χ1) is 7.99. The Labute approximate surface area is 103 Å². The fourth-order valence-corrected chi connectivity index (χ4v) is 4.84. The summed E-state index contributed by atoms with van der Waals surface area (Å²) in [7, 11) is -1.77. The molecule has 0 bridgehead atoms. The third-order valence-corrected chi connectivity index (χ3v) is 8.55. The highest BCUT2D eigenvalue weighted by Crippen LogP contribution is 2.28. The van der Waals surface area contributed by atoms with Gasteiger partial charge in [0.15, 0.2) is 14.1 Å². The highest BCUT2D eigenvalue weighted by Gasteiger charge is 2.29. The monoisotopic (exact) mass is 257 g/mol. The zero-order valence-electron chi connectivity index (χ0n) is 11.0. The van der Waals surface area contributed by atoms with Crippen molar-refractivity contribution in [2.24, 2.45) is 0 Å². The van der Waals surface area contributed by atoms with Crippen molar-refractivity contribution in [1.29, 1.82) is 0 Å². The molecule has 0 atom stereocenters. The minimum atomic E-state index is -1.77. The van der Waals surface area contributed by atoms with Crippen LogP contribution >= 0.6 is 0 Å². The Morgan fingerprint density at radius 1 is 1.06 bits per heavy atom. The number of anilines is 1. The molecule has 1 rings (SSSR count). The highest BCUT2D eigenvalue weighted by atomic mass is 28.3. The molecule has 0 saturated carbocycles. The summed E-state index contributed by atoms with van der Waals surface area (Å²) in [6.45, 7) is 7.94. The summed E-state index contributed by atoms with van der Waals surface area (Å²) >= 11 is 0. The summed E-state index contributed by atoms with van der Waals surface area (Å²) in [5, 5.41) is 0. The van der Waals surface area contributed by atoms with Crippen molar-refractivity contribution in [1.82, 2.24) is 0 Å². The van der Waals surface area contributed by atoms with Gasteiger partial charge in [-0.1, -0.05) is 26.8 Å². The molecule has 0 unspecified atom stereocenters. The van der Waals surface area contributed by atoms with E-state index in [4.69, 9.17) is 0 Å². The molecular formula is C13H21F2NSi. The van der Waals surface area contributed by atoms with Gasteiger partial charge in [-0.2, -0.15) is 0 Å². The summed E-state index contributed by atoms with van der Waals surface area (Å²) < 4.78 is 27.6. The minimum Gasteiger partial charge on any atom is -0.405 e. The molecule has 1 nitrogen and oxygen atoms in total. The predicted molar refractivity (Wildman–Crippen MR) is 71.9 cm³/mol. The summed E-state index contributed by atoms with van der Waals surface area (Å²) in [4.78, 5) is 3.21. The van der Waals surface area contributed by atoms with Crippen molar-refractivity contribution in [3.63, 3.8) is 0 Å². The predicted octanol–water partition coefficient (Wildman–Crippen LogP) is 4.69. The van der Waals surface area contributed by atoms with E-state index in [1.165, 1.54) is 12.1 Å². The summed E-state index contributed by atoms with van der Waals surface area (Å²) in [6, 6.07) is 5.75. The number of hydrogen-bond donors (Lipinski definition) is 1. The molecule has 0 aliphatic heterocycles. The lowest BCUT2D eigenvalue weighted by Gasteiger charge is -2.30. The SMILES string of the molecule is CC[Si](CC)(CC)Nc1c(F)ccc(C)c1F. The van der Waals surface area contributed by atoms with E-state index in [1.807, 2.05) is 0 Å². The zero-order valence-corrected chi connectivity index (χ0v) is 12.0. The number of nitrogens with one attached hydrogen (secondary N) is 1. The lowest BCUT2D eigenvalue weighted by molar-refractivity contribution is 0.585. The van der Waals surface area contributed by atoms with Crippen LogP contribution in [0.1, 0.15) is 26.3 Å². The van der Waals surface area contributed by atoms with Crippen LogP contribution in [0.15, 0.2) is 12.1 Å². The lowest BCUT2D eigenvalue weighted by atomic mass is 10.2. The first-order valence-corrected chi connectivity index (χ1v) is 8.84. The van der Waals surface area contributed by atoms with Gasteiger partial charge in [0.25, 0.3) is 0 Å². The van der Waals surface area contributed by atoms with E-state index < -0.39 is 19.9 Å². The van der Waals surface area contributed by atoms with Crippen LogP contribution in [0.25, 0.3) is 0 Å². The second-order valence-electron chi connectivity index (χ2n) is 4.52. The molecule has 1 aromatic rings. The second kappa shape index (κ2) is 5.62. The van der Waals surface area contributed by atoms with Gasteiger partial charge in [-0.05, 0) is 36.7 Å². The van der Waals surface area contributed by atoms with Crippen molar-refractivity contribution >= 4 is 13.9 Å². The van der Waals surface area contributed by atoms with Gasteiger partial charge >= 0.3 is 0 Å². The Balaban J connectivity index is 3.13. The molecule has 0 aromatic heterocycles. The average molecular weight is 257 g/mol. The molecule has 17 heavy (non-hydrogen) atoms. The average Bonchev–Trinajstić information content (AvgIpc) is 2.36. The normalized spacial score (nSPS) is 11.6. The molecule has 0 aliphatic carbocycles. The molecule has 1 aromatic carbocycles. The van der Waals surface area contributed by atoms with E-state index in [-0.39, 0.29) is 5.69 Å². The Kier molecular flexibility index (Phi) is 4.68. The molecule has 1 N–H and O–H groups in total. The van der Waals surface area contributed by atoms with E-state index in [0.717, 1.165) is 18.1 Å². The summed E-state index contributed by atoms with van der Waals surface area (Å²) in [5.74, 6) is -0.933. The van der Waals surface area contributed by atoms with E-state index in [0.29, 0.717) is 5.56 Å². The van der Waals surface area contributed by atoms with Crippen LogP contribution in [0.2, 0.25) is 18.1 Å². The van der Waals surface area contributed by atoms with Crippen LogP contribution < -0.4 is 4.98 Å². The molecule has 0 aliphatic rings. The highest BCUT2D eigenvalue weighted by molar-refractivity contribution is 6.82. The van der Waals surface area contributed by atoms with Gasteiger partial charge in [-0.3, -0.25) is 0 Å². The molecule has 0 amide bonds. The maximum atomic E-state index is 13.9. The van der Waals surface area contributed by atoms with Gasteiger partial charge in [0.2, 0.25) is 0 Å². The summed E-state index contributed by atoms with van der Waals surface area (Å²) in [6.07, 6.45) is 0. The first-order valence-electron chi connectivity index (χ1n) is 6.22. The van der Waals surface area contributed by atoms with E-state index in [2.05, 4.69) is 25.8 Å². The van der Waals surface area contributed by atoms with Crippen LogP contribution in [0, 0.1) is 18.6 Å². The third-order valence-electron chi connectivity index (χ3n) is 3.70. The summed E-state index contributed by atoms with van der Waals surface area (Å²) in [5.41, 5.74) is 0.558. The molecule has 96 valence electrons. The van der Waals surface area contributed by atoms with Crippen LogP contribution in [-0.2, 0) is 0 Å². The molecular weight excluding hydrogens is 236 g/mol.